The summed E-state index contributed by atoms with van der Waals surface area (Å²) >= 11 is 0. The Morgan fingerprint density at radius 1 is 0.935 bits per heavy atom. The van der Waals surface area contributed by atoms with Crippen LogP contribution in [0, 0.1) is 0 Å². The van der Waals surface area contributed by atoms with Crippen molar-refractivity contribution in [1.29, 1.82) is 0 Å². The summed E-state index contributed by atoms with van der Waals surface area (Å²) < 4.78 is 65.6. The van der Waals surface area contributed by atoms with E-state index in [0.29, 0.717) is 22.0 Å². The molecule has 6 nitrogen and oxygen atoms in total. The molecule has 1 N–H and O–H groups in total. The number of pyridine rings is 1. The lowest BCUT2D eigenvalue weighted by atomic mass is 9.97. The number of alkyl halides is 3. The number of benzene rings is 2. The predicted molar refractivity (Wildman–Crippen MR) is 111 cm³/mol. The highest BCUT2D eigenvalue weighted by molar-refractivity contribution is 7.89. The molecule has 0 aliphatic heterocycles. The minimum Gasteiger partial charge on any atom is -0.273 e. The second-order valence-corrected chi connectivity index (χ2v) is 9.21. The van der Waals surface area contributed by atoms with E-state index in [1.54, 1.807) is 42.6 Å². The van der Waals surface area contributed by atoms with Crippen LogP contribution in [-0.2, 0) is 16.2 Å². The van der Waals surface area contributed by atoms with E-state index in [0.717, 1.165) is 16.1 Å². The van der Waals surface area contributed by atoms with Crippen molar-refractivity contribution in [1.82, 2.24) is 19.5 Å². The lowest BCUT2D eigenvalue weighted by Crippen LogP contribution is -2.22. The Balaban J connectivity index is 1.84. The van der Waals surface area contributed by atoms with Crippen LogP contribution in [0.2, 0.25) is 0 Å². The van der Waals surface area contributed by atoms with E-state index in [9.17, 15) is 21.6 Å². The lowest BCUT2D eigenvalue weighted by Gasteiger charge is -2.13. The molecule has 0 saturated carbocycles. The summed E-state index contributed by atoms with van der Waals surface area (Å²) in [5.41, 5.74) is 1.40. The van der Waals surface area contributed by atoms with E-state index in [1.807, 2.05) is 5.10 Å². The number of H-pyrrole nitrogens is 1. The summed E-state index contributed by atoms with van der Waals surface area (Å²) in [6.07, 6.45) is -1.83. The van der Waals surface area contributed by atoms with E-state index in [4.69, 9.17) is 0 Å². The van der Waals surface area contributed by atoms with Gasteiger partial charge in [-0.25, -0.2) is 12.7 Å². The van der Waals surface area contributed by atoms with Gasteiger partial charge >= 0.3 is 6.18 Å². The number of sulfonamides is 1. The molecule has 0 bridgehead atoms. The van der Waals surface area contributed by atoms with E-state index in [1.165, 1.54) is 26.2 Å². The molecule has 0 saturated heterocycles. The number of hydrogen-bond donors (Lipinski definition) is 1. The molecule has 0 fully saturated rings. The Labute approximate surface area is 176 Å². The molecule has 0 radical (unpaired) electrons. The van der Waals surface area contributed by atoms with Gasteiger partial charge in [0.2, 0.25) is 10.0 Å². The lowest BCUT2D eigenvalue weighted by molar-refractivity contribution is -0.140. The first-order valence-corrected chi connectivity index (χ1v) is 10.6. The Bertz CT molecular complexity index is 1360. The number of rotatable bonds is 4. The summed E-state index contributed by atoms with van der Waals surface area (Å²) in [6, 6.07) is 12.9. The maximum Gasteiger partial charge on any atom is 0.433 e. The third-order valence-electron chi connectivity index (χ3n) is 4.92. The van der Waals surface area contributed by atoms with Gasteiger partial charge in [0.05, 0.1) is 16.6 Å². The molecule has 0 spiro atoms. The van der Waals surface area contributed by atoms with Gasteiger partial charge < -0.3 is 0 Å². The zero-order valence-electron chi connectivity index (χ0n) is 16.5. The minimum absolute atomic E-state index is 0.0587. The van der Waals surface area contributed by atoms with Gasteiger partial charge in [-0.15, -0.1) is 0 Å². The molecule has 0 amide bonds. The fourth-order valence-electron chi connectivity index (χ4n) is 3.30. The first-order valence-electron chi connectivity index (χ1n) is 9.12. The summed E-state index contributed by atoms with van der Waals surface area (Å²) in [7, 11) is -0.668. The van der Waals surface area contributed by atoms with Gasteiger partial charge in [-0.2, -0.15) is 18.3 Å². The monoisotopic (exact) mass is 446 g/mol. The van der Waals surface area contributed by atoms with Crippen molar-refractivity contribution >= 4 is 20.9 Å². The Morgan fingerprint density at radius 2 is 1.61 bits per heavy atom. The van der Waals surface area contributed by atoms with Gasteiger partial charge in [-0.1, -0.05) is 18.2 Å². The number of nitrogens with zero attached hydrogens (tertiary/aromatic N) is 3. The molecule has 2 aromatic carbocycles. The van der Waals surface area contributed by atoms with Crippen LogP contribution in [0.3, 0.4) is 0 Å². The van der Waals surface area contributed by atoms with Gasteiger partial charge in [-0.05, 0) is 47.0 Å². The van der Waals surface area contributed by atoms with E-state index >= 15 is 0 Å². The zero-order valence-corrected chi connectivity index (χ0v) is 17.3. The highest BCUT2D eigenvalue weighted by atomic mass is 32.2. The summed E-state index contributed by atoms with van der Waals surface area (Å²) in [5.74, 6) is 0. The molecule has 0 unspecified atom stereocenters. The van der Waals surface area contributed by atoms with Crippen LogP contribution in [0.25, 0.3) is 33.2 Å². The number of aromatic nitrogens is 3. The molecular formula is C21H17F3N4O2S. The largest absolute Gasteiger partial charge is 0.433 e. The Morgan fingerprint density at radius 3 is 2.26 bits per heavy atom. The second kappa shape index (κ2) is 7.47. The van der Waals surface area contributed by atoms with Gasteiger partial charge in [0, 0.05) is 31.2 Å². The normalized spacial score (nSPS) is 12.6. The highest BCUT2D eigenvalue weighted by Gasteiger charge is 2.36. The standard InChI is InChI=1S/C21H17F3N4O2S/c1-28(2)31(29,30)15-6-3-13(4-7-15)16-9-10-25-19-8-5-14(11-17(16)19)18-12-26-27-20(18)21(22,23)24/h3-12H,1-2H3,(H,26,27). The predicted octanol–water partition coefficient (Wildman–Crippen LogP) is 4.56. The number of nitrogens with one attached hydrogen (secondary N) is 1. The van der Waals surface area contributed by atoms with E-state index in [-0.39, 0.29) is 10.5 Å². The number of aromatic amines is 1. The fourth-order valence-corrected chi connectivity index (χ4v) is 4.21. The molecule has 160 valence electrons. The first-order chi connectivity index (χ1) is 14.6. The molecule has 4 rings (SSSR count). The Hall–Kier alpha value is -3.24. The van der Waals surface area contributed by atoms with Crippen molar-refractivity contribution in [3.8, 4) is 22.3 Å². The Kier molecular flexibility index (Phi) is 5.06. The number of fused-ring (bicyclic) bond motifs is 1. The average Bonchev–Trinajstić information content (AvgIpc) is 3.23. The first kappa shape index (κ1) is 21.0. The van der Waals surface area contributed by atoms with Crippen LogP contribution in [-0.4, -0.2) is 42.0 Å². The SMILES string of the molecule is CN(C)S(=O)(=O)c1ccc(-c2ccnc3ccc(-c4cn[nH]c4C(F)(F)F)cc23)cc1. The van der Waals surface area contributed by atoms with Crippen molar-refractivity contribution in [2.45, 2.75) is 11.1 Å². The fraction of sp³-hybridized carbons (Fsp3) is 0.143. The van der Waals surface area contributed by atoms with Crippen molar-refractivity contribution in [3.05, 3.63) is 66.6 Å². The van der Waals surface area contributed by atoms with Crippen LogP contribution in [0.1, 0.15) is 5.69 Å². The summed E-state index contributed by atoms with van der Waals surface area (Å²) in [6.45, 7) is 0. The van der Waals surface area contributed by atoms with Crippen molar-refractivity contribution in [3.63, 3.8) is 0 Å². The maximum absolute atomic E-state index is 13.3. The molecule has 31 heavy (non-hydrogen) atoms. The average molecular weight is 446 g/mol. The van der Waals surface area contributed by atoms with Crippen LogP contribution >= 0.6 is 0 Å². The third-order valence-corrected chi connectivity index (χ3v) is 6.75. The van der Waals surface area contributed by atoms with Crippen molar-refractivity contribution < 1.29 is 21.6 Å². The number of halogens is 3. The summed E-state index contributed by atoms with van der Waals surface area (Å²) in [5, 5.41) is 6.20. The maximum atomic E-state index is 13.3. The van der Waals surface area contributed by atoms with Gasteiger partial charge in [0.1, 0.15) is 5.69 Å². The summed E-state index contributed by atoms with van der Waals surface area (Å²) in [4.78, 5) is 4.44. The molecule has 2 aromatic heterocycles. The van der Waals surface area contributed by atoms with Gasteiger partial charge in [0.25, 0.3) is 0 Å². The molecule has 0 aliphatic rings. The van der Waals surface area contributed by atoms with Crippen LogP contribution in [0.15, 0.2) is 65.8 Å². The quantitative estimate of drug-likeness (QED) is 0.499. The second-order valence-electron chi connectivity index (χ2n) is 7.06. The van der Waals surface area contributed by atoms with Crippen LogP contribution in [0.5, 0.6) is 0 Å². The van der Waals surface area contributed by atoms with Crippen LogP contribution in [0.4, 0.5) is 13.2 Å². The van der Waals surface area contributed by atoms with Crippen LogP contribution < -0.4 is 0 Å². The molecule has 0 atom stereocenters. The molecular weight excluding hydrogens is 429 g/mol. The third kappa shape index (κ3) is 3.79. The van der Waals surface area contributed by atoms with Gasteiger partial charge in [0.15, 0.2) is 0 Å². The zero-order chi connectivity index (χ0) is 22.4. The van der Waals surface area contributed by atoms with Gasteiger partial charge in [-0.3, -0.25) is 10.1 Å². The topological polar surface area (TPSA) is 79.0 Å². The minimum atomic E-state index is -4.56. The van der Waals surface area contributed by atoms with Crippen molar-refractivity contribution in [2.75, 3.05) is 14.1 Å². The molecule has 2 heterocycles. The highest BCUT2D eigenvalue weighted by Crippen LogP contribution is 2.37. The molecule has 0 aliphatic carbocycles. The van der Waals surface area contributed by atoms with E-state index in [2.05, 4.69) is 10.1 Å². The van der Waals surface area contributed by atoms with E-state index < -0.39 is 21.9 Å². The molecule has 4 aromatic rings. The number of hydrogen-bond acceptors (Lipinski definition) is 4. The van der Waals surface area contributed by atoms with Crippen molar-refractivity contribution in [2.24, 2.45) is 0 Å². The smallest absolute Gasteiger partial charge is 0.273 e. The molecule has 10 heteroatoms.